The quantitative estimate of drug-likeness (QED) is 0.740. The maximum Gasteiger partial charge on any atom is 0.262 e. The SMILES string of the molecule is CCOc1ccccc1NC(=O)COc1cccc2ccc(C)nc12. The minimum absolute atomic E-state index is 0.102. The van der Waals surface area contributed by atoms with Gasteiger partial charge in [-0.05, 0) is 38.1 Å². The monoisotopic (exact) mass is 336 g/mol. The zero-order valence-corrected chi connectivity index (χ0v) is 14.3. The van der Waals surface area contributed by atoms with Crippen molar-refractivity contribution in [1.82, 2.24) is 4.98 Å². The Morgan fingerprint density at radius 3 is 2.64 bits per heavy atom. The van der Waals surface area contributed by atoms with Crippen molar-refractivity contribution < 1.29 is 14.3 Å². The lowest BCUT2D eigenvalue weighted by Crippen LogP contribution is -2.20. The maximum atomic E-state index is 12.2. The number of nitrogens with zero attached hydrogens (tertiary/aromatic N) is 1. The van der Waals surface area contributed by atoms with Crippen molar-refractivity contribution in [3.05, 3.63) is 60.3 Å². The molecule has 0 aliphatic carbocycles. The standard InChI is InChI=1S/C20H20N2O3/c1-3-24-17-9-5-4-8-16(17)22-19(23)13-25-18-10-6-7-15-12-11-14(2)21-20(15)18/h4-12H,3,13H2,1-2H3,(H,22,23). The summed E-state index contributed by atoms with van der Waals surface area (Å²) in [4.78, 5) is 16.7. The van der Waals surface area contributed by atoms with Gasteiger partial charge in [-0.1, -0.05) is 30.3 Å². The second-order valence-electron chi connectivity index (χ2n) is 5.55. The molecule has 1 heterocycles. The van der Waals surface area contributed by atoms with Crippen molar-refractivity contribution in [3.63, 3.8) is 0 Å². The van der Waals surface area contributed by atoms with E-state index in [1.807, 2.05) is 62.4 Å². The normalized spacial score (nSPS) is 10.5. The molecule has 1 amide bonds. The molecule has 0 fully saturated rings. The van der Waals surface area contributed by atoms with E-state index in [0.29, 0.717) is 23.8 Å². The first-order valence-electron chi connectivity index (χ1n) is 8.18. The third-order valence-electron chi connectivity index (χ3n) is 3.64. The van der Waals surface area contributed by atoms with Gasteiger partial charge in [0, 0.05) is 11.1 Å². The molecule has 1 N–H and O–H groups in total. The van der Waals surface area contributed by atoms with Crippen LogP contribution < -0.4 is 14.8 Å². The number of rotatable bonds is 6. The van der Waals surface area contributed by atoms with Gasteiger partial charge in [-0.25, -0.2) is 4.98 Å². The average molecular weight is 336 g/mol. The van der Waals surface area contributed by atoms with Crippen molar-refractivity contribution in [3.8, 4) is 11.5 Å². The van der Waals surface area contributed by atoms with Gasteiger partial charge in [0.2, 0.25) is 0 Å². The Morgan fingerprint density at radius 1 is 1.00 bits per heavy atom. The Balaban J connectivity index is 1.70. The lowest BCUT2D eigenvalue weighted by atomic mass is 10.2. The first kappa shape index (κ1) is 16.8. The van der Waals surface area contributed by atoms with Crippen molar-refractivity contribution in [2.75, 3.05) is 18.5 Å². The maximum absolute atomic E-state index is 12.2. The molecule has 25 heavy (non-hydrogen) atoms. The number of aromatic nitrogens is 1. The number of amides is 1. The van der Waals surface area contributed by atoms with Crippen LogP contribution in [0.1, 0.15) is 12.6 Å². The van der Waals surface area contributed by atoms with E-state index in [9.17, 15) is 4.79 Å². The van der Waals surface area contributed by atoms with Gasteiger partial charge >= 0.3 is 0 Å². The zero-order chi connectivity index (χ0) is 17.6. The number of carbonyl (C=O) groups excluding carboxylic acids is 1. The van der Waals surface area contributed by atoms with E-state index < -0.39 is 0 Å². The summed E-state index contributed by atoms with van der Waals surface area (Å²) >= 11 is 0. The van der Waals surface area contributed by atoms with Gasteiger partial charge in [-0.15, -0.1) is 0 Å². The Bertz CT molecular complexity index is 893. The van der Waals surface area contributed by atoms with Crippen LogP contribution in [0.15, 0.2) is 54.6 Å². The number of hydrogen-bond acceptors (Lipinski definition) is 4. The van der Waals surface area contributed by atoms with Crippen LogP contribution in [0.3, 0.4) is 0 Å². The van der Waals surface area contributed by atoms with E-state index in [1.54, 1.807) is 6.07 Å². The summed E-state index contributed by atoms with van der Waals surface area (Å²) in [7, 11) is 0. The van der Waals surface area contributed by atoms with Crippen LogP contribution in [0, 0.1) is 6.92 Å². The van der Waals surface area contributed by atoms with Gasteiger partial charge in [0.05, 0.1) is 12.3 Å². The first-order chi connectivity index (χ1) is 12.2. The Kier molecular flexibility index (Phi) is 5.14. The minimum Gasteiger partial charge on any atom is -0.492 e. The van der Waals surface area contributed by atoms with Crippen LogP contribution in [0.4, 0.5) is 5.69 Å². The molecule has 5 heteroatoms. The molecule has 0 aliphatic heterocycles. The third kappa shape index (κ3) is 4.07. The summed E-state index contributed by atoms with van der Waals surface area (Å²) in [5, 5.41) is 3.79. The lowest BCUT2D eigenvalue weighted by molar-refractivity contribution is -0.118. The highest BCUT2D eigenvalue weighted by atomic mass is 16.5. The van der Waals surface area contributed by atoms with Crippen LogP contribution >= 0.6 is 0 Å². The molecule has 3 aromatic rings. The van der Waals surface area contributed by atoms with E-state index in [1.165, 1.54) is 0 Å². The molecule has 0 spiro atoms. The molecule has 0 atom stereocenters. The summed E-state index contributed by atoms with van der Waals surface area (Å²) in [6.45, 7) is 4.25. The number of nitrogens with one attached hydrogen (secondary N) is 1. The number of benzene rings is 2. The van der Waals surface area contributed by atoms with Crippen molar-refractivity contribution in [2.24, 2.45) is 0 Å². The molecule has 0 unspecified atom stereocenters. The largest absolute Gasteiger partial charge is 0.492 e. The molecular weight excluding hydrogens is 316 g/mol. The third-order valence-corrected chi connectivity index (χ3v) is 3.64. The summed E-state index contributed by atoms with van der Waals surface area (Å²) in [5.41, 5.74) is 2.29. The number of para-hydroxylation sites is 3. The van der Waals surface area contributed by atoms with Gasteiger partial charge in [0.1, 0.15) is 17.0 Å². The predicted octanol–water partition coefficient (Wildman–Crippen LogP) is 3.96. The Hall–Kier alpha value is -3.08. The van der Waals surface area contributed by atoms with Gasteiger partial charge in [-0.2, -0.15) is 0 Å². The summed E-state index contributed by atoms with van der Waals surface area (Å²) in [6.07, 6.45) is 0. The second-order valence-corrected chi connectivity index (χ2v) is 5.55. The molecule has 1 aromatic heterocycles. The van der Waals surface area contributed by atoms with Gasteiger partial charge in [0.15, 0.2) is 6.61 Å². The highest BCUT2D eigenvalue weighted by molar-refractivity contribution is 5.93. The molecule has 0 bridgehead atoms. The van der Waals surface area contributed by atoms with Crippen LogP contribution in [0.2, 0.25) is 0 Å². The van der Waals surface area contributed by atoms with Crippen LogP contribution in [0.5, 0.6) is 11.5 Å². The molecule has 128 valence electrons. The fourth-order valence-corrected chi connectivity index (χ4v) is 2.51. The summed E-state index contributed by atoms with van der Waals surface area (Å²) in [5.74, 6) is 0.979. The zero-order valence-electron chi connectivity index (χ0n) is 14.3. The van der Waals surface area contributed by atoms with E-state index in [0.717, 1.165) is 16.6 Å². The minimum atomic E-state index is -0.253. The van der Waals surface area contributed by atoms with E-state index >= 15 is 0 Å². The Labute approximate surface area is 146 Å². The number of hydrogen-bond donors (Lipinski definition) is 1. The smallest absolute Gasteiger partial charge is 0.262 e. The number of anilines is 1. The number of carbonyl (C=O) groups is 1. The highest BCUT2D eigenvalue weighted by Gasteiger charge is 2.10. The molecular formula is C20H20N2O3. The fraction of sp³-hybridized carbons (Fsp3) is 0.200. The van der Waals surface area contributed by atoms with E-state index in [-0.39, 0.29) is 12.5 Å². The van der Waals surface area contributed by atoms with Crippen molar-refractivity contribution in [1.29, 1.82) is 0 Å². The molecule has 5 nitrogen and oxygen atoms in total. The molecule has 0 saturated carbocycles. The first-order valence-corrected chi connectivity index (χ1v) is 8.18. The molecule has 0 saturated heterocycles. The molecule has 3 rings (SSSR count). The predicted molar refractivity (Wildman–Crippen MR) is 98.2 cm³/mol. The number of pyridine rings is 1. The molecule has 0 radical (unpaired) electrons. The molecule has 2 aromatic carbocycles. The van der Waals surface area contributed by atoms with E-state index in [4.69, 9.17) is 9.47 Å². The fourth-order valence-electron chi connectivity index (χ4n) is 2.51. The van der Waals surface area contributed by atoms with E-state index in [2.05, 4.69) is 10.3 Å². The number of aryl methyl sites for hydroxylation is 1. The van der Waals surface area contributed by atoms with Gasteiger partial charge in [0.25, 0.3) is 5.91 Å². The average Bonchev–Trinajstić information content (AvgIpc) is 2.62. The van der Waals surface area contributed by atoms with Gasteiger partial charge < -0.3 is 14.8 Å². The number of ether oxygens (including phenoxy) is 2. The number of fused-ring (bicyclic) bond motifs is 1. The van der Waals surface area contributed by atoms with Crippen molar-refractivity contribution >= 4 is 22.5 Å². The van der Waals surface area contributed by atoms with Crippen LogP contribution in [-0.4, -0.2) is 24.1 Å². The lowest BCUT2D eigenvalue weighted by Gasteiger charge is -2.12. The van der Waals surface area contributed by atoms with Gasteiger partial charge in [-0.3, -0.25) is 4.79 Å². The highest BCUT2D eigenvalue weighted by Crippen LogP contribution is 2.25. The van der Waals surface area contributed by atoms with Crippen LogP contribution in [0.25, 0.3) is 10.9 Å². The Morgan fingerprint density at radius 2 is 1.80 bits per heavy atom. The second kappa shape index (κ2) is 7.66. The van der Waals surface area contributed by atoms with Crippen molar-refractivity contribution in [2.45, 2.75) is 13.8 Å². The summed E-state index contributed by atoms with van der Waals surface area (Å²) in [6, 6.07) is 16.9. The molecule has 0 aliphatic rings. The topological polar surface area (TPSA) is 60.5 Å². The van der Waals surface area contributed by atoms with Crippen LogP contribution in [-0.2, 0) is 4.79 Å². The summed E-state index contributed by atoms with van der Waals surface area (Å²) < 4.78 is 11.2.